The van der Waals surface area contributed by atoms with Crippen molar-refractivity contribution in [3.63, 3.8) is 0 Å². The first-order valence-electron chi connectivity index (χ1n) is 6.14. The Morgan fingerprint density at radius 1 is 1.10 bits per heavy atom. The summed E-state index contributed by atoms with van der Waals surface area (Å²) in [5.74, 6) is -0.00448. The first-order chi connectivity index (χ1) is 9.95. The Hall–Kier alpha value is -1.91. The molecule has 106 valence electrons. The zero-order valence-electron chi connectivity index (χ0n) is 11.0. The van der Waals surface area contributed by atoms with Gasteiger partial charge in [0, 0.05) is 10.4 Å². The molecular weight excluding hydrogens is 312 g/mol. The molecule has 3 rings (SSSR count). The van der Waals surface area contributed by atoms with E-state index in [0.717, 1.165) is 5.56 Å². The molecule has 0 aliphatic carbocycles. The number of fused-ring (bicyclic) bond motifs is 1. The highest BCUT2D eigenvalue weighted by molar-refractivity contribution is 6.38. The van der Waals surface area contributed by atoms with Crippen LogP contribution in [0.5, 0.6) is 0 Å². The van der Waals surface area contributed by atoms with Crippen LogP contribution in [0.25, 0.3) is 22.3 Å². The van der Waals surface area contributed by atoms with Crippen LogP contribution in [0.4, 0.5) is 10.2 Å². The summed E-state index contributed by atoms with van der Waals surface area (Å²) < 4.78 is 14.0. The molecule has 1 heterocycles. The number of hydrogen-bond donors (Lipinski definition) is 1. The minimum atomic E-state index is -0.413. The third kappa shape index (κ3) is 2.52. The summed E-state index contributed by atoms with van der Waals surface area (Å²) in [7, 11) is 0. The van der Waals surface area contributed by atoms with Gasteiger partial charge < -0.3 is 5.73 Å². The lowest BCUT2D eigenvalue weighted by Crippen LogP contribution is -2.00. The molecular formula is C15H10Cl2FN3. The standard InChI is InChI=1S/C15H10Cl2FN3/c1-7-2-3-12(18)9(4-7)15-20-13-10(14(19)21-15)5-8(16)6-11(13)17/h2-6H,1H3,(H2,19,20,21). The number of nitrogens with two attached hydrogens (primary N) is 1. The van der Waals surface area contributed by atoms with Crippen LogP contribution < -0.4 is 5.73 Å². The molecule has 0 fully saturated rings. The van der Waals surface area contributed by atoms with E-state index < -0.39 is 5.82 Å². The van der Waals surface area contributed by atoms with Crippen LogP contribution in [0.2, 0.25) is 10.0 Å². The minimum Gasteiger partial charge on any atom is -0.383 e. The molecule has 3 aromatic rings. The second-order valence-electron chi connectivity index (χ2n) is 4.70. The molecule has 0 saturated carbocycles. The highest BCUT2D eigenvalue weighted by atomic mass is 35.5. The summed E-state index contributed by atoms with van der Waals surface area (Å²) >= 11 is 12.1. The van der Waals surface area contributed by atoms with Crippen molar-refractivity contribution in [3.8, 4) is 11.4 Å². The maximum Gasteiger partial charge on any atom is 0.165 e. The van der Waals surface area contributed by atoms with Gasteiger partial charge in [0.25, 0.3) is 0 Å². The van der Waals surface area contributed by atoms with E-state index in [4.69, 9.17) is 28.9 Å². The molecule has 0 radical (unpaired) electrons. The average Bonchev–Trinajstić information content (AvgIpc) is 2.42. The van der Waals surface area contributed by atoms with Crippen molar-refractivity contribution in [1.82, 2.24) is 9.97 Å². The molecule has 0 aliphatic rings. The van der Waals surface area contributed by atoms with Gasteiger partial charge in [-0.2, -0.15) is 0 Å². The zero-order valence-corrected chi connectivity index (χ0v) is 12.5. The van der Waals surface area contributed by atoms with E-state index in [9.17, 15) is 4.39 Å². The van der Waals surface area contributed by atoms with Crippen molar-refractivity contribution in [3.05, 3.63) is 51.8 Å². The fourth-order valence-electron chi connectivity index (χ4n) is 2.11. The molecule has 0 unspecified atom stereocenters. The number of anilines is 1. The third-order valence-electron chi connectivity index (χ3n) is 3.11. The monoisotopic (exact) mass is 321 g/mol. The Morgan fingerprint density at radius 3 is 2.62 bits per heavy atom. The van der Waals surface area contributed by atoms with Crippen LogP contribution in [0.3, 0.4) is 0 Å². The van der Waals surface area contributed by atoms with Crippen LogP contribution in [0.15, 0.2) is 30.3 Å². The molecule has 2 N–H and O–H groups in total. The van der Waals surface area contributed by atoms with Crippen molar-refractivity contribution in [2.24, 2.45) is 0 Å². The number of halogens is 3. The highest BCUT2D eigenvalue weighted by Gasteiger charge is 2.14. The maximum absolute atomic E-state index is 14.0. The Bertz CT molecular complexity index is 865. The molecule has 0 bridgehead atoms. The molecule has 21 heavy (non-hydrogen) atoms. The largest absolute Gasteiger partial charge is 0.383 e. The van der Waals surface area contributed by atoms with Crippen LogP contribution >= 0.6 is 23.2 Å². The predicted molar refractivity (Wildman–Crippen MR) is 84.1 cm³/mol. The van der Waals surface area contributed by atoms with Crippen LogP contribution in [0.1, 0.15) is 5.56 Å². The van der Waals surface area contributed by atoms with E-state index in [0.29, 0.717) is 20.9 Å². The molecule has 1 aromatic heterocycles. The number of rotatable bonds is 1. The highest BCUT2D eigenvalue weighted by Crippen LogP contribution is 2.32. The first kappa shape index (κ1) is 14.0. The van der Waals surface area contributed by atoms with Gasteiger partial charge in [0.1, 0.15) is 11.6 Å². The van der Waals surface area contributed by atoms with E-state index in [1.165, 1.54) is 6.07 Å². The number of aromatic nitrogens is 2. The Kier molecular flexibility index (Phi) is 3.43. The van der Waals surface area contributed by atoms with E-state index in [2.05, 4.69) is 9.97 Å². The number of nitrogen functional groups attached to an aromatic ring is 1. The average molecular weight is 322 g/mol. The summed E-state index contributed by atoms with van der Waals surface area (Å²) in [5.41, 5.74) is 7.56. The molecule has 6 heteroatoms. The second kappa shape index (κ2) is 5.13. The molecule has 0 atom stereocenters. The van der Waals surface area contributed by atoms with Gasteiger partial charge in [-0.25, -0.2) is 14.4 Å². The van der Waals surface area contributed by atoms with Gasteiger partial charge in [-0.3, -0.25) is 0 Å². The van der Waals surface area contributed by atoms with Gasteiger partial charge in [0.15, 0.2) is 5.82 Å². The third-order valence-corrected chi connectivity index (χ3v) is 3.62. The topological polar surface area (TPSA) is 51.8 Å². The van der Waals surface area contributed by atoms with Gasteiger partial charge in [0.2, 0.25) is 0 Å². The minimum absolute atomic E-state index is 0.199. The van der Waals surface area contributed by atoms with Crippen molar-refractivity contribution < 1.29 is 4.39 Å². The zero-order chi connectivity index (χ0) is 15.1. The van der Waals surface area contributed by atoms with Gasteiger partial charge in [0.05, 0.1) is 16.1 Å². The number of nitrogens with zero attached hydrogens (tertiary/aromatic N) is 2. The fourth-order valence-corrected chi connectivity index (χ4v) is 2.65. The van der Waals surface area contributed by atoms with Gasteiger partial charge >= 0.3 is 0 Å². The predicted octanol–water partition coefficient (Wildman–Crippen LogP) is 4.63. The summed E-state index contributed by atoms with van der Waals surface area (Å²) in [6, 6.07) is 7.91. The van der Waals surface area contributed by atoms with Crippen molar-refractivity contribution >= 4 is 39.9 Å². The van der Waals surface area contributed by atoms with Gasteiger partial charge in [-0.15, -0.1) is 0 Å². The van der Waals surface area contributed by atoms with E-state index in [1.54, 1.807) is 24.3 Å². The number of benzene rings is 2. The van der Waals surface area contributed by atoms with Crippen molar-refractivity contribution in [2.45, 2.75) is 6.92 Å². The van der Waals surface area contributed by atoms with Crippen molar-refractivity contribution in [1.29, 1.82) is 0 Å². The molecule has 2 aromatic carbocycles. The molecule has 3 nitrogen and oxygen atoms in total. The molecule has 0 saturated heterocycles. The van der Waals surface area contributed by atoms with E-state index in [-0.39, 0.29) is 17.2 Å². The second-order valence-corrected chi connectivity index (χ2v) is 5.54. The van der Waals surface area contributed by atoms with Crippen LogP contribution in [-0.2, 0) is 0 Å². The summed E-state index contributed by atoms with van der Waals surface area (Å²) in [6.07, 6.45) is 0. The Balaban J connectivity index is 2.33. The van der Waals surface area contributed by atoms with E-state index >= 15 is 0 Å². The Morgan fingerprint density at radius 2 is 1.86 bits per heavy atom. The lowest BCUT2D eigenvalue weighted by Gasteiger charge is -2.08. The van der Waals surface area contributed by atoms with Gasteiger partial charge in [-0.05, 0) is 31.2 Å². The lowest BCUT2D eigenvalue weighted by atomic mass is 10.1. The lowest BCUT2D eigenvalue weighted by molar-refractivity contribution is 0.629. The number of hydrogen-bond acceptors (Lipinski definition) is 3. The van der Waals surface area contributed by atoms with Crippen LogP contribution in [-0.4, -0.2) is 9.97 Å². The molecule has 0 spiro atoms. The Labute approximate surface area is 130 Å². The number of aryl methyl sites for hydroxylation is 1. The van der Waals surface area contributed by atoms with Crippen LogP contribution in [0, 0.1) is 12.7 Å². The normalized spacial score (nSPS) is 11.0. The SMILES string of the molecule is Cc1ccc(F)c(-c2nc(N)c3cc(Cl)cc(Cl)c3n2)c1. The summed E-state index contributed by atoms with van der Waals surface area (Å²) in [4.78, 5) is 8.49. The maximum atomic E-state index is 14.0. The summed E-state index contributed by atoms with van der Waals surface area (Å²) in [6.45, 7) is 1.86. The molecule has 0 aliphatic heterocycles. The first-order valence-corrected chi connectivity index (χ1v) is 6.90. The summed E-state index contributed by atoms with van der Waals surface area (Å²) in [5, 5.41) is 1.34. The van der Waals surface area contributed by atoms with Crippen molar-refractivity contribution in [2.75, 3.05) is 5.73 Å². The van der Waals surface area contributed by atoms with Gasteiger partial charge in [-0.1, -0.05) is 34.8 Å². The smallest absolute Gasteiger partial charge is 0.165 e. The van der Waals surface area contributed by atoms with E-state index in [1.807, 2.05) is 6.92 Å². The quantitative estimate of drug-likeness (QED) is 0.710. The fraction of sp³-hybridized carbons (Fsp3) is 0.0667. The molecule has 0 amide bonds.